The van der Waals surface area contributed by atoms with Crippen LogP contribution in [0.4, 0.5) is 5.95 Å². The third-order valence-corrected chi connectivity index (χ3v) is 8.60. The number of amides is 3. The van der Waals surface area contributed by atoms with Gasteiger partial charge >= 0.3 is 0 Å². The topological polar surface area (TPSA) is 121 Å². The van der Waals surface area contributed by atoms with E-state index in [1.54, 1.807) is 6.20 Å². The first-order chi connectivity index (χ1) is 17.5. The molecule has 1 aliphatic carbocycles. The molecule has 10 heteroatoms. The molecule has 1 saturated carbocycles. The molecule has 4 aliphatic rings. The smallest absolute Gasteiger partial charge is 0.268 e. The molecular formula is C26H35N7O3. The number of fused-ring (bicyclic) bond motifs is 4. The summed E-state index contributed by atoms with van der Waals surface area (Å²) in [6, 6.07) is 1.86. The molecule has 6 rings (SSSR count). The SMILES string of the molecule is O=C1NCC2(CCCCC2)n2c1cc1cnc(NC(=O)C3CCCN(C(=O)[C@@H]4CCCNC4)C3)nc12. The van der Waals surface area contributed by atoms with Crippen LogP contribution in [0.5, 0.6) is 0 Å². The zero-order chi connectivity index (χ0) is 24.7. The van der Waals surface area contributed by atoms with Gasteiger partial charge < -0.3 is 20.1 Å². The van der Waals surface area contributed by atoms with Crippen LogP contribution in [0.1, 0.15) is 68.3 Å². The molecule has 1 spiro atoms. The fourth-order valence-electron chi connectivity index (χ4n) is 6.65. The van der Waals surface area contributed by atoms with Crippen molar-refractivity contribution in [3.05, 3.63) is 18.0 Å². The lowest BCUT2D eigenvalue weighted by Gasteiger charge is -2.42. The van der Waals surface area contributed by atoms with Crippen LogP contribution in [0.15, 0.2) is 12.3 Å². The molecule has 0 bridgehead atoms. The molecule has 2 atom stereocenters. The highest BCUT2D eigenvalue weighted by atomic mass is 16.2. The van der Waals surface area contributed by atoms with Gasteiger partial charge in [0.1, 0.15) is 11.3 Å². The second-order valence-corrected chi connectivity index (χ2v) is 11.0. The second kappa shape index (κ2) is 9.46. The highest BCUT2D eigenvalue weighted by Gasteiger charge is 2.41. The van der Waals surface area contributed by atoms with E-state index >= 15 is 0 Å². The first-order valence-electron chi connectivity index (χ1n) is 13.5. The summed E-state index contributed by atoms with van der Waals surface area (Å²) in [5.74, 6) is -0.0935. The van der Waals surface area contributed by atoms with Crippen molar-refractivity contribution in [2.45, 2.75) is 63.3 Å². The first-order valence-corrected chi connectivity index (χ1v) is 13.5. The lowest BCUT2D eigenvalue weighted by molar-refractivity contribution is -0.139. The van der Waals surface area contributed by atoms with Crippen molar-refractivity contribution >= 4 is 34.7 Å². The zero-order valence-electron chi connectivity index (χ0n) is 20.7. The maximum absolute atomic E-state index is 13.2. The number of hydrogen-bond donors (Lipinski definition) is 3. The van der Waals surface area contributed by atoms with Crippen LogP contribution in [0.3, 0.4) is 0 Å². The van der Waals surface area contributed by atoms with Crippen LogP contribution in [0.25, 0.3) is 11.0 Å². The van der Waals surface area contributed by atoms with E-state index in [4.69, 9.17) is 4.98 Å². The zero-order valence-corrected chi connectivity index (χ0v) is 20.7. The predicted molar refractivity (Wildman–Crippen MR) is 134 cm³/mol. The van der Waals surface area contributed by atoms with Gasteiger partial charge in [0.15, 0.2) is 0 Å². The van der Waals surface area contributed by atoms with E-state index in [0.717, 1.165) is 69.8 Å². The lowest BCUT2D eigenvalue weighted by Crippen LogP contribution is -2.52. The minimum absolute atomic E-state index is 0.0103. The van der Waals surface area contributed by atoms with Gasteiger partial charge in [-0.3, -0.25) is 19.7 Å². The Hall–Kier alpha value is -3.01. The van der Waals surface area contributed by atoms with Gasteiger partial charge in [-0.2, -0.15) is 4.98 Å². The number of likely N-dealkylation sites (tertiary alicyclic amines) is 1. The van der Waals surface area contributed by atoms with Crippen LogP contribution in [-0.2, 0) is 15.1 Å². The van der Waals surface area contributed by atoms with Crippen molar-refractivity contribution < 1.29 is 14.4 Å². The van der Waals surface area contributed by atoms with Crippen molar-refractivity contribution in [1.29, 1.82) is 0 Å². The Kier molecular flexibility index (Phi) is 6.15. The summed E-state index contributed by atoms with van der Waals surface area (Å²) in [6.45, 7) is 3.45. The summed E-state index contributed by atoms with van der Waals surface area (Å²) in [5.41, 5.74) is 1.16. The average Bonchev–Trinajstić information content (AvgIpc) is 3.32. The van der Waals surface area contributed by atoms with Crippen molar-refractivity contribution in [1.82, 2.24) is 30.1 Å². The van der Waals surface area contributed by atoms with E-state index in [1.807, 2.05) is 11.0 Å². The summed E-state index contributed by atoms with van der Waals surface area (Å²) in [6.07, 6.45) is 10.6. The van der Waals surface area contributed by atoms with E-state index in [1.165, 1.54) is 6.42 Å². The number of nitrogens with one attached hydrogen (secondary N) is 3. The number of piperidine rings is 2. The largest absolute Gasteiger partial charge is 0.348 e. The molecule has 1 unspecified atom stereocenters. The summed E-state index contributed by atoms with van der Waals surface area (Å²) >= 11 is 0. The Morgan fingerprint density at radius 1 is 1.08 bits per heavy atom. The number of aromatic nitrogens is 3. The second-order valence-electron chi connectivity index (χ2n) is 11.0. The van der Waals surface area contributed by atoms with Crippen molar-refractivity contribution in [3.8, 4) is 0 Å². The number of hydrogen-bond acceptors (Lipinski definition) is 6. The summed E-state index contributed by atoms with van der Waals surface area (Å²) < 4.78 is 2.11. The van der Waals surface area contributed by atoms with Crippen molar-refractivity contribution in [2.24, 2.45) is 11.8 Å². The van der Waals surface area contributed by atoms with E-state index in [9.17, 15) is 14.4 Å². The van der Waals surface area contributed by atoms with Crippen LogP contribution in [0, 0.1) is 11.8 Å². The Morgan fingerprint density at radius 3 is 2.72 bits per heavy atom. The number of carbonyl (C=O) groups excluding carboxylic acids is 3. The summed E-state index contributed by atoms with van der Waals surface area (Å²) in [5, 5.41) is 10.1. The van der Waals surface area contributed by atoms with Crippen LogP contribution in [0.2, 0.25) is 0 Å². The fraction of sp³-hybridized carbons (Fsp3) is 0.654. The van der Waals surface area contributed by atoms with Crippen molar-refractivity contribution in [3.63, 3.8) is 0 Å². The van der Waals surface area contributed by atoms with E-state index in [2.05, 4.69) is 25.5 Å². The highest BCUT2D eigenvalue weighted by molar-refractivity contribution is 5.99. The fourth-order valence-corrected chi connectivity index (χ4v) is 6.65. The van der Waals surface area contributed by atoms with Crippen LogP contribution in [-0.4, -0.2) is 69.9 Å². The number of nitrogens with zero attached hydrogens (tertiary/aromatic N) is 4. The molecule has 36 heavy (non-hydrogen) atoms. The monoisotopic (exact) mass is 493 g/mol. The third kappa shape index (κ3) is 4.15. The Morgan fingerprint density at radius 2 is 1.92 bits per heavy atom. The molecule has 3 amide bonds. The minimum Gasteiger partial charge on any atom is -0.348 e. The first kappa shape index (κ1) is 23.4. The molecule has 2 aromatic heterocycles. The Labute approximate surface area is 210 Å². The van der Waals surface area contributed by atoms with Gasteiger partial charge in [-0.1, -0.05) is 19.3 Å². The molecule has 3 N–H and O–H groups in total. The van der Waals surface area contributed by atoms with Gasteiger partial charge in [0, 0.05) is 37.8 Å². The van der Waals surface area contributed by atoms with Gasteiger partial charge in [0.2, 0.25) is 17.8 Å². The minimum atomic E-state index is -0.282. The van der Waals surface area contributed by atoms with Gasteiger partial charge in [0.25, 0.3) is 5.91 Å². The summed E-state index contributed by atoms with van der Waals surface area (Å²) in [4.78, 5) is 49.9. The molecule has 0 aromatic carbocycles. The normalized spacial score (nSPS) is 25.9. The van der Waals surface area contributed by atoms with Gasteiger partial charge in [0.05, 0.1) is 17.4 Å². The Bertz CT molecular complexity index is 1180. The maximum atomic E-state index is 13.2. The van der Waals surface area contributed by atoms with Gasteiger partial charge in [-0.15, -0.1) is 0 Å². The van der Waals surface area contributed by atoms with Crippen molar-refractivity contribution in [2.75, 3.05) is 38.0 Å². The Balaban J connectivity index is 1.21. The van der Waals surface area contributed by atoms with E-state index in [0.29, 0.717) is 31.0 Å². The maximum Gasteiger partial charge on any atom is 0.268 e. The predicted octanol–water partition coefficient (Wildman–Crippen LogP) is 2.01. The molecule has 10 nitrogen and oxygen atoms in total. The van der Waals surface area contributed by atoms with Gasteiger partial charge in [-0.25, -0.2) is 4.98 Å². The van der Waals surface area contributed by atoms with Crippen LogP contribution >= 0.6 is 0 Å². The quantitative estimate of drug-likeness (QED) is 0.602. The van der Waals surface area contributed by atoms with E-state index in [-0.39, 0.29) is 41.0 Å². The summed E-state index contributed by atoms with van der Waals surface area (Å²) in [7, 11) is 0. The highest BCUT2D eigenvalue weighted by Crippen LogP contribution is 2.40. The number of carbonyl (C=O) groups is 3. The number of anilines is 1. The molecular weight excluding hydrogens is 458 g/mol. The molecule has 0 radical (unpaired) electrons. The van der Waals surface area contributed by atoms with Gasteiger partial charge in [-0.05, 0) is 51.1 Å². The molecule has 3 aliphatic heterocycles. The van der Waals surface area contributed by atoms with Crippen LogP contribution < -0.4 is 16.0 Å². The molecule has 2 saturated heterocycles. The molecule has 3 fully saturated rings. The average molecular weight is 494 g/mol. The lowest BCUT2D eigenvalue weighted by atomic mass is 9.80. The standard InChI is InChI=1S/C26H35N7O3/c34-22(18-7-5-11-32(15-18)24(36)17-6-4-10-27-13-17)31-25-28-14-19-12-20-23(35)29-16-26(8-2-1-3-9-26)33(20)21(19)30-25/h12,14,17-18,27H,1-11,13,15-16H2,(H,29,35)(H,28,30,31,34)/t17-,18?/m1/s1. The number of rotatable bonds is 3. The molecule has 2 aromatic rings. The molecule has 192 valence electrons. The molecule has 5 heterocycles. The third-order valence-electron chi connectivity index (χ3n) is 8.60. The van der Waals surface area contributed by atoms with E-state index < -0.39 is 0 Å².